The van der Waals surface area contributed by atoms with Crippen LogP contribution in [0.1, 0.15) is 25.8 Å². The molecule has 0 aliphatic carbocycles. The summed E-state index contributed by atoms with van der Waals surface area (Å²) in [4.78, 5) is 4.99. The molecule has 0 radical (unpaired) electrons. The van der Waals surface area contributed by atoms with Crippen molar-refractivity contribution in [2.75, 3.05) is 26.2 Å². The number of nitrogens with zero attached hydrogens (tertiary/aromatic N) is 2. The zero-order chi connectivity index (χ0) is 14.8. The number of rotatable bonds is 4. The predicted molar refractivity (Wildman–Crippen MR) is 83.5 cm³/mol. The zero-order valence-corrected chi connectivity index (χ0v) is 13.0. The third kappa shape index (κ3) is 3.39. The van der Waals surface area contributed by atoms with E-state index in [-0.39, 0.29) is 6.10 Å². The molecule has 0 saturated carbocycles. The molecule has 2 heterocycles. The smallest absolute Gasteiger partial charge is 0.119 e. The fourth-order valence-corrected chi connectivity index (χ4v) is 3.59. The van der Waals surface area contributed by atoms with Crippen LogP contribution in [-0.4, -0.2) is 59.3 Å². The quantitative estimate of drug-likeness (QED) is 0.916. The van der Waals surface area contributed by atoms with Gasteiger partial charge in [-0.2, -0.15) is 0 Å². The van der Waals surface area contributed by atoms with Crippen molar-refractivity contribution in [3.8, 4) is 5.75 Å². The molecule has 4 nitrogen and oxygen atoms in total. The third-order valence-electron chi connectivity index (χ3n) is 4.69. The largest absolute Gasteiger partial charge is 0.494 e. The van der Waals surface area contributed by atoms with Crippen molar-refractivity contribution in [3.05, 3.63) is 29.8 Å². The van der Waals surface area contributed by atoms with Crippen LogP contribution in [0.2, 0.25) is 0 Å². The molecule has 3 rings (SSSR count). The Labute approximate surface area is 127 Å². The summed E-state index contributed by atoms with van der Waals surface area (Å²) >= 11 is 0. The summed E-state index contributed by atoms with van der Waals surface area (Å²) in [7, 11) is 0. The number of aliphatic hydroxyl groups is 1. The summed E-state index contributed by atoms with van der Waals surface area (Å²) in [5.41, 5.74) is 1.33. The summed E-state index contributed by atoms with van der Waals surface area (Å²) in [5, 5.41) is 9.83. The Morgan fingerprint density at radius 3 is 2.67 bits per heavy atom. The van der Waals surface area contributed by atoms with Gasteiger partial charge in [0.05, 0.1) is 12.7 Å². The Kier molecular flexibility index (Phi) is 4.48. The van der Waals surface area contributed by atoms with E-state index < -0.39 is 0 Å². The summed E-state index contributed by atoms with van der Waals surface area (Å²) in [6.07, 6.45) is 0.791. The Morgan fingerprint density at radius 2 is 1.95 bits per heavy atom. The second kappa shape index (κ2) is 6.34. The fourth-order valence-electron chi connectivity index (χ4n) is 3.59. The lowest BCUT2D eigenvalue weighted by Gasteiger charge is -2.42. The van der Waals surface area contributed by atoms with Crippen LogP contribution < -0.4 is 4.74 Å². The van der Waals surface area contributed by atoms with Crippen molar-refractivity contribution in [1.29, 1.82) is 0 Å². The average molecular weight is 290 g/mol. The van der Waals surface area contributed by atoms with Crippen molar-refractivity contribution in [2.24, 2.45) is 0 Å². The number of hydrogen-bond donors (Lipinski definition) is 1. The molecule has 1 N–H and O–H groups in total. The van der Waals surface area contributed by atoms with Gasteiger partial charge < -0.3 is 9.84 Å². The lowest BCUT2D eigenvalue weighted by Crippen LogP contribution is -2.54. The molecule has 2 saturated heterocycles. The number of ether oxygens (including phenoxy) is 1. The minimum absolute atomic E-state index is 0.132. The number of hydrogen-bond acceptors (Lipinski definition) is 4. The number of benzene rings is 1. The number of piperazine rings is 1. The maximum atomic E-state index is 9.83. The second-order valence-corrected chi connectivity index (χ2v) is 6.35. The molecule has 2 aliphatic heterocycles. The van der Waals surface area contributed by atoms with E-state index in [0.29, 0.717) is 18.7 Å². The molecular formula is C17H26N2O2. The monoisotopic (exact) mass is 290 g/mol. The molecule has 1 aromatic rings. The minimum atomic E-state index is -0.132. The molecule has 4 heteroatoms. The molecule has 3 atom stereocenters. The predicted octanol–water partition coefficient (Wildman–Crippen LogP) is 1.72. The van der Waals surface area contributed by atoms with Gasteiger partial charge in [0.15, 0.2) is 0 Å². The Bertz CT molecular complexity index is 462. The SMILES string of the molecule is CCOc1ccc(CN2CC3C[C@@H](O)CN3C[C@@H]2C)cc1. The molecule has 2 fully saturated rings. The standard InChI is InChI=1S/C17H26N2O2/c1-3-21-17-6-4-14(5-7-17)10-18-11-15-8-16(20)12-19(15)9-13(18)2/h4-7,13,15-16,20H,3,8-12H2,1-2H3/t13-,15?,16+/m0/s1. The van der Waals surface area contributed by atoms with Crippen LogP contribution in [0.5, 0.6) is 5.75 Å². The van der Waals surface area contributed by atoms with Gasteiger partial charge in [-0.3, -0.25) is 9.80 Å². The van der Waals surface area contributed by atoms with Crippen molar-refractivity contribution < 1.29 is 9.84 Å². The summed E-state index contributed by atoms with van der Waals surface area (Å²) in [6, 6.07) is 9.50. The van der Waals surface area contributed by atoms with E-state index in [0.717, 1.165) is 38.3 Å². The van der Waals surface area contributed by atoms with Crippen LogP contribution >= 0.6 is 0 Å². The van der Waals surface area contributed by atoms with E-state index in [1.165, 1.54) is 5.56 Å². The van der Waals surface area contributed by atoms with Crippen LogP contribution in [0.15, 0.2) is 24.3 Å². The zero-order valence-electron chi connectivity index (χ0n) is 13.0. The molecule has 1 aromatic carbocycles. The number of aliphatic hydroxyl groups excluding tert-OH is 1. The molecule has 21 heavy (non-hydrogen) atoms. The van der Waals surface area contributed by atoms with Crippen molar-refractivity contribution >= 4 is 0 Å². The van der Waals surface area contributed by atoms with Gasteiger partial charge in [0.1, 0.15) is 5.75 Å². The summed E-state index contributed by atoms with van der Waals surface area (Å²) in [6.45, 7) is 8.97. The lowest BCUT2D eigenvalue weighted by molar-refractivity contribution is 0.0528. The first-order chi connectivity index (χ1) is 10.2. The molecule has 0 amide bonds. The highest BCUT2D eigenvalue weighted by atomic mass is 16.5. The van der Waals surface area contributed by atoms with Gasteiger partial charge in [-0.05, 0) is 38.0 Å². The van der Waals surface area contributed by atoms with E-state index in [9.17, 15) is 5.11 Å². The first kappa shape index (κ1) is 14.8. The van der Waals surface area contributed by atoms with Gasteiger partial charge in [0, 0.05) is 38.3 Å². The van der Waals surface area contributed by atoms with Crippen molar-refractivity contribution in [3.63, 3.8) is 0 Å². The molecule has 0 aromatic heterocycles. The van der Waals surface area contributed by atoms with E-state index in [4.69, 9.17) is 4.74 Å². The highest BCUT2D eigenvalue weighted by Gasteiger charge is 2.37. The molecule has 2 aliphatic rings. The molecule has 0 spiro atoms. The van der Waals surface area contributed by atoms with Gasteiger partial charge >= 0.3 is 0 Å². The van der Waals surface area contributed by atoms with Crippen LogP contribution in [0.3, 0.4) is 0 Å². The molecular weight excluding hydrogens is 264 g/mol. The van der Waals surface area contributed by atoms with E-state index in [1.54, 1.807) is 0 Å². The molecule has 116 valence electrons. The van der Waals surface area contributed by atoms with Crippen LogP contribution in [0.25, 0.3) is 0 Å². The highest BCUT2D eigenvalue weighted by Crippen LogP contribution is 2.26. The lowest BCUT2D eigenvalue weighted by atomic mass is 10.1. The van der Waals surface area contributed by atoms with E-state index >= 15 is 0 Å². The van der Waals surface area contributed by atoms with E-state index in [1.807, 2.05) is 6.92 Å². The van der Waals surface area contributed by atoms with Gasteiger partial charge in [0.2, 0.25) is 0 Å². The third-order valence-corrected chi connectivity index (χ3v) is 4.69. The van der Waals surface area contributed by atoms with Crippen LogP contribution in [-0.2, 0) is 6.54 Å². The topological polar surface area (TPSA) is 35.9 Å². The number of fused-ring (bicyclic) bond motifs is 1. The first-order valence-corrected chi connectivity index (χ1v) is 8.03. The van der Waals surface area contributed by atoms with E-state index in [2.05, 4.69) is 41.0 Å². The van der Waals surface area contributed by atoms with Crippen LogP contribution in [0, 0.1) is 0 Å². The molecule has 1 unspecified atom stereocenters. The Hall–Kier alpha value is -1.10. The minimum Gasteiger partial charge on any atom is -0.494 e. The summed E-state index contributed by atoms with van der Waals surface area (Å²) < 4.78 is 5.49. The van der Waals surface area contributed by atoms with Crippen molar-refractivity contribution in [2.45, 2.75) is 45.0 Å². The van der Waals surface area contributed by atoms with Crippen molar-refractivity contribution in [1.82, 2.24) is 9.80 Å². The fraction of sp³-hybridized carbons (Fsp3) is 0.647. The van der Waals surface area contributed by atoms with Gasteiger partial charge in [-0.15, -0.1) is 0 Å². The van der Waals surface area contributed by atoms with Crippen LogP contribution in [0.4, 0.5) is 0 Å². The normalized spacial score (nSPS) is 30.3. The van der Waals surface area contributed by atoms with Gasteiger partial charge in [0.25, 0.3) is 0 Å². The Balaban J connectivity index is 1.61. The summed E-state index contributed by atoms with van der Waals surface area (Å²) in [5.74, 6) is 0.943. The second-order valence-electron chi connectivity index (χ2n) is 6.35. The van der Waals surface area contributed by atoms with Gasteiger partial charge in [-0.1, -0.05) is 12.1 Å². The maximum absolute atomic E-state index is 9.83. The Morgan fingerprint density at radius 1 is 1.19 bits per heavy atom. The molecule has 0 bridgehead atoms. The maximum Gasteiger partial charge on any atom is 0.119 e. The first-order valence-electron chi connectivity index (χ1n) is 8.03. The average Bonchev–Trinajstić information content (AvgIpc) is 2.81. The highest BCUT2D eigenvalue weighted by molar-refractivity contribution is 5.27. The van der Waals surface area contributed by atoms with Gasteiger partial charge in [-0.25, -0.2) is 0 Å².